The quantitative estimate of drug-likeness (QED) is 0.521. The van der Waals surface area contributed by atoms with Crippen molar-refractivity contribution in [3.8, 4) is 5.75 Å². The Labute approximate surface area is 192 Å². The van der Waals surface area contributed by atoms with Gasteiger partial charge in [-0.15, -0.1) is 0 Å². The Bertz CT molecular complexity index is 948. The Morgan fingerprint density at radius 2 is 1.84 bits per heavy atom. The number of halogens is 1. The fourth-order valence-corrected chi connectivity index (χ4v) is 3.77. The number of ketones is 1. The number of hydrogen-bond donors (Lipinski definition) is 3. The number of hydrogen-bond acceptors (Lipinski definition) is 7. The highest BCUT2D eigenvalue weighted by molar-refractivity contribution is 6.31. The molecule has 1 aliphatic rings. The van der Waals surface area contributed by atoms with Crippen molar-refractivity contribution in [3.63, 3.8) is 0 Å². The number of carbonyl (C=O) groups excluding carboxylic acids is 1. The summed E-state index contributed by atoms with van der Waals surface area (Å²) in [6.07, 6.45) is -4.18. The molecule has 0 amide bonds. The van der Waals surface area contributed by atoms with Crippen molar-refractivity contribution in [2.45, 2.75) is 50.8 Å². The fraction of sp³-hybridized carbons (Fsp3) is 0.417. The number of ether oxygens (including phenoxy) is 2. The van der Waals surface area contributed by atoms with Gasteiger partial charge in [0, 0.05) is 11.2 Å². The maximum atomic E-state index is 11.1. The number of rotatable bonds is 8. The molecule has 172 valence electrons. The molecule has 2 aromatic carbocycles. The number of aliphatic hydroxyl groups excluding tert-OH is 3. The van der Waals surface area contributed by atoms with Crippen LogP contribution in [0.15, 0.2) is 47.5 Å². The number of aliphatic hydroxyl groups is 3. The first-order chi connectivity index (χ1) is 15.3. The third-order valence-electron chi connectivity index (χ3n) is 5.24. The highest BCUT2D eigenvalue weighted by Crippen LogP contribution is 2.34. The van der Waals surface area contributed by atoms with E-state index in [1.807, 2.05) is 37.3 Å². The SMILES string of the molecule is CCOc1ccc(Cc2cc([C@@H]3O[C@H](C=NCC(C)=O)[C@@H](O)[C@H](O)[C@H]3O)ccc2Cl)cc1. The highest BCUT2D eigenvalue weighted by Gasteiger charge is 2.43. The summed E-state index contributed by atoms with van der Waals surface area (Å²) < 4.78 is 11.3. The molecule has 1 fully saturated rings. The Balaban J connectivity index is 1.81. The van der Waals surface area contributed by atoms with Crippen molar-refractivity contribution in [1.29, 1.82) is 0 Å². The average Bonchev–Trinajstić information content (AvgIpc) is 2.77. The van der Waals surface area contributed by atoms with Crippen LogP contribution in [0.25, 0.3) is 0 Å². The summed E-state index contributed by atoms with van der Waals surface area (Å²) in [6, 6.07) is 13.0. The summed E-state index contributed by atoms with van der Waals surface area (Å²) in [5, 5.41) is 31.7. The number of nitrogens with zero attached hydrogens (tertiary/aromatic N) is 1. The lowest BCUT2D eigenvalue weighted by molar-refractivity contribution is -0.205. The Hall–Kier alpha value is -2.29. The van der Waals surface area contributed by atoms with E-state index in [0.717, 1.165) is 16.9 Å². The molecule has 1 heterocycles. The van der Waals surface area contributed by atoms with Crippen LogP contribution in [0.1, 0.15) is 36.6 Å². The molecular weight excluding hydrogens is 434 g/mol. The van der Waals surface area contributed by atoms with Gasteiger partial charge in [0.1, 0.15) is 36.3 Å². The van der Waals surface area contributed by atoms with Gasteiger partial charge in [-0.2, -0.15) is 0 Å². The molecule has 0 spiro atoms. The minimum atomic E-state index is -1.44. The van der Waals surface area contributed by atoms with Crippen LogP contribution in [0, 0.1) is 0 Å². The normalized spacial score (nSPS) is 25.8. The lowest BCUT2D eigenvalue weighted by Crippen LogP contribution is -2.54. The van der Waals surface area contributed by atoms with Gasteiger partial charge in [0.05, 0.1) is 13.2 Å². The molecule has 3 rings (SSSR count). The summed E-state index contributed by atoms with van der Waals surface area (Å²) in [6.45, 7) is 3.87. The first-order valence-electron chi connectivity index (χ1n) is 10.5. The second-order valence-electron chi connectivity index (χ2n) is 7.79. The van der Waals surface area contributed by atoms with Crippen molar-refractivity contribution >= 4 is 23.6 Å². The smallest absolute Gasteiger partial charge is 0.151 e. The van der Waals surface area contributed by atoms with Crippen LogP contribution in [0.4, 0.5) is 0 Å². The molecular formula is C24H28ClNO6. The van der Waals surface area contributed by atoms with Crippen molar-refractivity contribution < 1.29 is 29.6 Å². The molecule has 1 aliphatic heterocycles. The van der Waals surface area contributed by atoms with Gasteiger partial charge in [-0.3, -0.25) is 9.79 Å². The van der Waals surface area contributed by atoms with E-state index in [1.54, 1.807) is 12.1 Å². The summed E-state index contributed by atoms with van der Waals surface area (Å²) in [4.78, 5) is 15.1. The van der Waals surface area contributed by atoms with E-state index in [4.69, 9.17) is 21.1 Å². The zero-order valence-corrected chi connectivity index (χ0v) is 18.8. The fourth-order valence-electron chi connectivity index (χ4n) is 3.59. The number of aliphatic imine (C=N–C) groups is 1. The lowest BCUT2D eigenvalue weighted by Gasteiger charge is -2.39. The van der Waals surface area contributed by atoms with Crippen molar-refractivity contribution in [2.75, 3.05) is 13.2 Å². The van der Waals surface area contributed by atoms with Gasteiger partial charge in [-0.25, -0.2) is 0 Å². The van der Waals surface area contributed by atoms with Gasteiger partial charge in [-0.1, -0.05) is 35.9 Å². The number of carbonyl (C=O) groups is 1. The monoisotopic (exact) mass is 461 g/mol. The zero-order chi connectivity index (χ0) is 23.3. The molecule has 0 aliphatic carbocycles. The third kappa shape index (κ3) is 5.94. The first kappa shape index (κ1) is 24.4. The molecule has 0 unspecified atom stereocenters. The predicted octanol–water partition coefficient (Wildman–Crippen LogP) is 2.51. The molecule has 0 radical (unpaired) electrons. The van der Waals surface area contributed by atoms with Crippen molar-refractivity contribution in [1.82, 2.24) is 0 Å². The molecule has 7 nitrogen and oxygen atoms in total. The van der Waals surface area contributed by atoms with Gasteiger partial charge >= 0.3 is 0 Å². The average molecular weight is 462 g/mol. The maximum absolute atomic E-state index is 11.1. The van der Waals surface area contributed by atoms with Gasteiger partial charge < -0.3 is 24.8 Å². The van der Waals surface area contributed by atoms with Crippen molar-refractivity contribution in [3.05, 3.63) is 64.2 Å². The third-order valence-corrected chi connectivity index (χ3v) is 5.61. The second-order valence-corrected chi connectivity index (χ2v) is 8.20. The molecule has 0 aromatic heterocycles. The van der Waals surface area contributed by atoms with Gasteiger partial charge in [-0.05, 0) is 55.2 Å². The Morgan fingerprint density at radius 1 is 1.12 bits per heavy atom. The predicted molar refractivity (Wildman–Crippen MR) is 122 cm³/mol. The van der Waals surface area contributed by atoms with Crippen LogP contribution in [0.5, 0.6) is 5.75 Å². The minimum Gasteiger partial charge on any atom is -0.494 e. The number of benzene rings is 2. The molecule has 32 heavy (non-hydrogen) atoms. The van der Waals surface area contributed by atoms with E-state index in [0.29, 0.717) is 23.6 Å². The molecule has 2 aromatic rings. The van der Waals surface area contributed by atoms with E-state index in [9.17, 15) is 20.1 Å². The van der Waals surface area contributed by atoms with Crippen LogP contribution in [-0.4, -0.2) is 64.9 Å². The van der Waals surface area contributed by atoms with E-state index in [1.165, 1.54) is 13.1 Å². The van der Waals surface area contributed by atoms with Crippen LogP contribution in [0.3, 0.4) is 0 Å². The Morgan fingerprint density at radius 3 is 2.50 bits per heavy atom. The van der Waals surface area contributed by atoms with Crippen molar-refractivity contribution in [2.24, 2.45) is 4.99 Å². The molecule has 5 atom stereocenters. The van der Waals surface area contributed by atoms with Crippen LogP contribution < -0.4 is 4.74 Å². The molecule has 1 saturated heterocycles. The van der Waals surface area contributed by atoms with Gasteiger partial charge in [0.2, 0.25) is 0 Å². The summed E-state index contributed by atoms with van der Waals surface area (Å²) in [5.74, 6) is 0.653. The van der Waals surface area contributed by atoms with E-state index >= 15 is 0 Å². The largest absolute Gasteiger partial charge is 0.494 e. The standard InChI is InChI=1S/C24H28ClNO6/c1-3-31-18-7-4-15(5-8-18)10-17-11-16(6-9-19(17)25)24-23(30)22(29)21(28)20(32-24)13-26-12-14(2)27/h4-9,11,13,20-24,28-30H,3,10,12H2,1-2H3/t20-,21-,22+,23-,24+/m1/s1. The topological polar surface area (TPSA) is 109 Å². The summed E-state index contributed by atoms with van der Waals surface area (Å²) in [7, 11) is 0. The summed E-state index contributed by atoms with van der Waals surface area (Å²) in [5.41, 5.74) is 2.47. The van der Waals surface area contributed by atoms with Crippen LogP contribution in [-0.2, 0) is 16.0 Å². The lowest BCUT2D eigenvalue weighted by atomic mass is 9.90. The van der Waals surface area contributed by atoms with E-state index in [2.05, 4.69) is 4.99 Å². The summed E-state index contributed by atoms with van der Waals surface area (Å²) >= 11 is 6.41. The van der Waals surface area contributed by atoms with E-state index < -0.39 is 30.5 Å². The van der Waals surface area contributed by atoms with Crippen LogP contribution in [0.2, 0.25) is 5.02 Å². The van der Waals surface area contributed by atoms with Gasteiger partial charge in [0.25, 0.3) is 0 Å². The van der Waals surface area contributed by atoms with Crippen LogP contribution >= 0.6 is 11.6 Å². The van der Waals surface area contributed by atoms with Gasteiger partial charge in [0.15, 0.2) is 5.78 Å². The second kappa shape index (κ2) is 11.0. The number of Topliss-reactive ketones (excluding diaryl/α,β-unsaturated/α-hetero) is 1. The highest BCUT2D eigenvalue weighted by atomic mass is 35.5. The van der Waals surface area contributed by atoms with E-state index in [-0.39, 0.29) is 12.3 Å². The first-order valence-corrected chi connectivity index (χ1v) is 10.9. The maximum Gasteiger partial charge on any atom is 0.151 e. The minimum absolute atomic E-state index is 0.0525. The Kier molecular flexibility index (Phi) is 8.39. The zero-order valence-electron chi connectivity index (χ0n) is 18.0. The molecule has 8 heteroatoms. The molecule has 0 saturated carbocycles. The molecule has 0 bridgehead atoms. The molecule has 3 N–H and O–H groups in total.